The van der Waals surface area contributed by atoms with E-state index in [9.17, 15) is 0 Å². The van der Waals surface area contributed by atoms with Gasteiger partial charge in [0.15, 0.2) is 0 Å². The molecule has 0 amide bonds. The molecule has 2 nitrogen and oxygen atoms in total. The SMILES string of the molecule is CCC(C#N)CN(C)CCc1cccc2ccccc12. The summed E-state index contributed by atoms with van der Waals surface area (Å²) in [4.78, 5) is 2.26. The van der Waals surface area contributed by atoms with Crippen molar-refractivity contribution in [2.75, 3.05) is 20.1 Å². The lowest BCUT2D eigenvalue weighted by molar-refractivity contribution is 0.303. The molecule has 0 fully saturated rings. The van der Waals surface area contributed by atoms with Crippen LogP contribution in [-0.2, 0) is 6.42 Å². The number of benzene rings is 2. The Morgan fingerprint density at radius 1 is 1.15 bits per heavy atom. The molecule has 1 atom stereocenters. The Balaban J connectivity index is 2.01. The van der Waals surface area contributed by atoms with Crippen LogP contribution in [0.4, 0.5) is 0 Å². The molecule has 0 N–H and O–H groups in total. The number of likely N-dealkylation sites (N-methyl/N-ethyl adjacent to an activating group) is 1. The number of fused-ring (bicyclic) bond motifs is 1. The van der Waals surface area contributed by atoms with Gasteiger partial charge in [0, 0.05) is 13.1 Å². The van der Waals surface area contributed by atoms with Crippen molar-refractivity contribution < 1.29 is 0 Å². The van der Waals surface area contributed by atoms with Crippen molar-refractivity contribution in [2.45, 2.75) is 19.8 Å². The van der Waals surface area contributed by atoms with Crippen LogP contribution in [0.5, 0.6) is 0 Å². The summed E-state index contributed by atoms with van der Waals surface area (Å²) in [6.07, 6.45) is 1.95. The van der Waals surface area contributed by atoms with Gasteiger partial charge in [-0.05, 0) is 36.2 Å². The van der Waals surface area contributed by atoms with Gasteiger partial charge in [-0.25, -0.2) is 0 Å². The lowest BCUT2D eigenvalue weighted by atomic mass is 10.0. The van der Waals surface area contributed by atoms with Crippen LogP contribution in [0.15, 0.2) is 42.5 Å². The fourth-order valence-electron chi connectivity index (χ4n) is 2.55. The van der Waals surface area contributed by atoms with Crippen LogP contribution in [0, 0.1) is 17.2 Å². The standard InChI is InChI=1S/C18H22N2/c1-3-15(13-19)14-20(2)12-11-17-9-6-8-16-7-4-5-10-18(16)17/h4-10,15H,3,11-12,14H2,1-2H3. The molecule has 0 aliphatic heterocycles. The maximum atomic E-state index is 9.02. The fraction of sp³-hybridized carbons (Fsp3) is 0.389. The van der Waals surface area contributed by atoms with E-state index in [-0.39, 0.29) is 5.92 Å². The maximum Gasteiger partial charge on any atom is 0.0669 e. The first kappa shape index (κ1) is 14.6. The van der Waals surface area contributed by atoms with Crippen molar-refractivity contribution in [3.05, 3.63) is 48.0 Å². The quantitative estimate of drug-likeness (QED) is 0.793. The maximum absolute atomic E-state index is 9.02. The van der Waals surface area contributed by atoms with Crippen molar-refractivity contribution in [1.29, 1.82) is 5.26 Å². The minimum atomic E-state index is 0.146. The third-order valence-electron chi connectivity index (χ3n) is 3.85. The zero-order chi connectivity index (χ0) is 14.4. The fourth-order valence-corrected chi connectivity index (χ4v) is 2.55. The van der Waals surface area contributed by atoms with Crippen LogP contribution >= 0.6 is 0 Å². The predicted octanol–water partition coefficient (Wildman–Crippen LogP) is 3.86. The second-order valence-electron chi connectivity index (χ2n) is 5.38. The van der Waals surface area contributed by atoms with Gasteiger partial charge in [-0.2, -0.15) is 5.26 Å². The molecule has 2 aromatic rings. The number of nitrogens with zero attached hydrogens (tertiary/aromatic N) is 2. The van der Waals surface area contributed by atoms with E-state index in [1.165, 1.54) is 16.3 Å². The van der Waals surface area contributed by atoms with Gasteiger partial charge in [0.1, 0.15) is 0 Å². The summed E-state index contributed by atoms with van der Waals surface area (Å²) in [6.45, 7) is 3.93. The minimum Gasteiger partial charge on any atom is -0.305 e. The molecular formula is C18H22N2. The van der Waals surface area contributed by atoms with Crippen LogP contribution in [0.25, 0.3) is 10.8 Å². The average Bonchev–Trinajstić information content (AvgIpc) is 2.50. The Kier molecular flexibility index (Phi) is 5.15. The monoisotopic (exact) mass is 266 g/mol. The predicted molar refractivity (Wildman–Crippen MR) is 84.5 cm³/mol. The molecule has 0 heterocycles. The number of nitriles is 1. The first-order valence-electron chi connectivity index (χ1n) is 7.29. The Bertz CT molecular complexity index is 592. The van der Waals surface area contributed by atoms with Crippen molar-refractivity contribution >= 4 is 10.8 Å². The van der Waals surface area contributed by atoms with Gasteiger partial charge >= 0.3 is 0 Å². The molecule has 0 aromatic heterocycles. The van der Waals surface area contributed by atoms with E-state index < -0.39 is 0 Å². The van der Waals surface area contributed by atoms with Crippen molar-refractivity contribution in [3.63, 3.8) is 0 Å². The largest absolute Gasteiger partial charge is 0.305 e. The van der Waals surface area contributed by atoms with Crippen LogP contribution in [0.1, 0.15) is 18.9 Å². The van der Waals surface area contributed by atoms with E-state index in [0.29, 0.717) is 0 Å². The highest BCUT2D eigenvalue weighted by atomic mass is 15.1. The van der Waals surface area contributed by atoms with Crippen molar-refractivity contribution in [2.24, 2.45) is 5.92 Å². The summed E-state index contributed by atoms with van der Waals surface area (Å²) < 4.78 is 0. The molecule has 2 aromatic carbocycles. The van der Waals surface area contributed by atoms with Crippen LogP contribution in [-0.4, -0.2) is 25.0 Å². The molecule has 0 saturated carbocycles. The number of rotatable bonds is 6. The molecule has 0 aliphatic carbocycles. The molecule has 2 heteroatoms. The van der Waals surface area contributed by atoms with Crippen molar-refractivity contribution in [1.82, 2.24) is 4.90 Å². The molecule has 0 saturated heterocycles. The molecule has 0 spiro atoms. The smallest absolute Gasteiger partial charge is 0.0669 e. The highest BCUT2D eigenvalue weighted by Gasteiger charge is 2.09. The Morgan fingerprint density at radius 3 is 2.65 bits per heavy atom. The molecule has 0 aliphatic rings. The van der Waals surface area contributed by atoms with Gasteiger partial charge in [0.2, 0.25) is 0 Å². The molecule has 0 bridgehead atoms. The normalized spacial score (nSPS) is 12.5. The van der Waals surface area contributed by atoms with Gasteiger partial charge < -0.3 is 4.90 Å². The second-order valence-corrected chi connectivity index (χ2v) is 5.38. The minimum absolute atomic E-state index is 0.146. The van der Waals surface area contributed by atoms with Gasteiger partial charge in [-0.15, -0.1) is 0 Å². The second kappa shape index (κ2) is 7.07. The van der Waals surface area contributed by atoms with E-state index in [4.69, 9.17) is 5.26 Å². The zero-order valence-corrected chi connectivity index (χ0v) is 12.3. The van der Waals surface area contributed by atoms with E-state index in [2.05, 4.69) is 67.4 Å². The van der Waals surface area contributed by atoms with Crippen LogP contribution < -0.4 is 0 Å². The highest BCUT2D eigenvalue weighted by Crippen LogP contribution is 2.19. The van der Waals surface area contributed by atoms with Gasteiger partial charge in [-0.3, -0.25) is 0 Å². The topological polar surface area (TPSA) is 27.0 Å². The number of hydrogen-bond acceptors (Lipinski definition) is 2. The molecule has 0 radical (unpaired) electrons. The summed E-state index contributed by atoms with van der Waals surface area (Å²) in [5.41, 5.74) is 1.39. The van der Waals surface area contributed by atoms with Crippen molar-refractivity contribution in [3.8, 4) is 6.07 Å². The highest BCUT2D eigenvalue weighted by molar-refractivity contribution is 5.85. The van der Waals surface area contributed by atoms with E-state index in [1.54, 1.807) is 0 Å². The molecule has 20 heavy (non-hydrogen) atoms. The van der Waals surface area contributed by atoms with E-state index >= 15 is 0 Å². The molecular weight excluding hydrogens is 244 g/mol. The lowest BCUT2D eigenvalue weighted by Crippen LogP contribution is -2.27. The van der Waals surface area contributed by atoms with E-state index in [1.807, 2.05) is 0 Å². The summed E-state index contributed by atoms with van der Waals surface area (Å²) in [5.74, 6) is 0.146. The summed E-state index contributed by atoms with van der Waals surface area (Å²) >= 11 is 0. The zero-order valence-electron chi connectivity index (χ0n) is 12.3. The van der Waals surface area contributed by atoms with Gasteiger partial charge in [0.25, 0.3) is 0 Å². The van der Waals surface area contributed by atoms with Crippen LogP contribution in [0.2, 0.25) is 0 Å². The number of hydrogen-bond donors (Lipinski definition) is 0. The third kappa shape index (κ3) is 3.59. The molecule has 1 unspecified atom stereocenters. The Hall–Kier alpha value is -1.85. The van der Waals surface area contributed by atoms with Crippen LogP contribution in [0.3, 0.4) is 0 Å². The third-order valence-corrected chi connectivity index (χ3v) is 3.85. The van der Waals surface area contributed by atoms with Gasteiger partial charge in [-0.1, -0.05) is 49.4 Å². The summed E-state index contributed by atoms with van der Waals surface area (Å²) in [5, 5.41) is 11.7. The molecule has 2 rings (SSSR count). The lowest BCUT2D eigenvalue weighted by Gasteiger charge is -2.19. The Labute approximate surface area is 121 Å². The summed E-state index contributed by atoms with van der Waals surface area (Å²) in [6, 6.07) is 17.4. The Morgan fingerprint density at radius 2 is 1.90 bits per heavy atom. The first-order chi connectivity index (χ1) is 9.74. The van der Waals surface area contributed by atoms with E-state index in [0.717, 1.165) is 25.9 Å². The summed E-state index contributed by atoms with van der Waals surface area (Å²) in [7, 11) is 2.10. The average molecular weight is 266 g/mol. The van der Waals surface area contributed by atoms with Gasteiger partial charge in [0.05, 0.1) is 12.0 Å². The first-order valence-corrected chi connectivity index (χ1v) is 7.29. The molecule has 104 valence electrons.